The van der Waals surface area contributed by atoms with Crippen LogP contribution < -0.4 is 15.8 Å². The molecular formula is C16H31N5O. The van der Waals surface area contributed by atoms with E-state index in [4.69, 9.17) is 10.5 Å². The van der Waals surface area contributed by atoms with Crippen LogP contribution in [-0.2, 0) is 13.6 Å². The van der Waals surface area contributed by atoms with E-state index in [2.05, 4.69) is 22.3 Å². The second-order valence-corrected chi connectivity index (χ2v) is 5.59. The van der Waals surface area contributed by atoms with E-state index in [1.807, 2.05) is 14.0 Å². The van der Waals surface area contributed by atoms with Crippen LogP contribution in [0.2, 0.25) is 0 Å². The molecule has 0 aliphatic rings. The first-order chi connectivity index (χ1) is 10.6. The third-order valence-electron chi connectivity index (χ3n) is 3.73. The highest BCUT2D eigenvalue weighted by atomic mass is 16.5. The van der Waals surface area contributed by atoms with Crippen molar-refractivity contribution in [3.05, 3.63) is 11.3 Å². The summed E-state index contributed by atoms with van der Waals surface area (Å²) in [6.07, 6.45) is 7.64. The fourth-order valence-electron chi connectivity index (χ4n) is 2.46. The number of ether oxygens (including phenoxy) is 1. The van der Waals surface area contributed by atoms with E-state index in [1.165, 1.54) is 32.1 Å². The predicted octanol–water partition coefficient (Wildman–Crippen LogP) is 2.50. The molecule has 1 rings (SSSR count). The van der Waals surface area contributed by atoms with Crippen LogP contribution >= 0.6 is 0 Å². The average molecular weight is 309 g/mol. The maximum atomic E-state index is 5.90. The van der Waals surface area contributed by atoms with E-state index in [1.54, 1.807) is 11.8 Å². The van der Waals surface area contributed by atoms with E-state index in [-0.39, 0.29) is 0 Å². The summed E-state index contributed by atoms with van der Waals surface area (Å²) in [4.78, 5) is 4.37. The molecule has 0 aromatic carbocycles. The molecule has 1 aromatic heterocycles. The van der Waals surface area contributed by atoms with Gasteiger partial charge in [0.1, 0.15) is 0 Å². The van der Waals surface area contributed by atoms with Gasteiger partial charge in [0.05, 0.1) is 24.9 Å². The maximum Gasteiger partial charge on any atom is 0.216 e. The molecule has 0 saturated carbocycles. The number of hydrogen-bond donors (Lipinski definition) is 2. The number of methoxy groups -OCH3 is 1. The second-order valence-electron chi connectivity index (χ2n) is 5.59. The molecule has 22 heavy (non-hydrogen) atoms. The smallest absolute Gasteiger partial charge is 0.216 e. The van der Waals surface area contributed by atoms with E-state index < -0.39 is 0 Å². The summed E-state index contributed by atoms with van der Waals surface area (Å²) in [5.74, 6) is 1.23. The molecule has 0 amide bonds. The number of unbranched alkanes of at least 4 members (excludes halogenated alkanes) is 5. The SMILES string of the molecule is CCCCCCCCNC(N)=NCc1c(C)nn(C)c1OC. The number of aromatic nitrogens is 2. The normalized spacial score (nSPS) is 11.7. The number of rotatable bonds is 10. The topological polar surface area (TPSA) is 77.5 Å². The molecule has 0 fully saturated rings. The molecule has 0 bridgehead atoms. The second kappa shape index (κ2) is 10.1. The summed E-state index contributed by atoms with van der Waals surface area (Å²) >= 11 is 0. The number of aliphatic imine (C=N–C) groups is 1. The highest BCUT2D eigenvalue weighted by molar-refractivity contribution is 5.77. The average Bonchev–Trinajstić information content (AvgIpc) is 2.77. The zero-order valence-electron chi connectivity index (χ0n) is 14.5. The number of nitrogens with one attached hydrogen (secondary N) is 1. The molecule has 0 aliphatic heterocycles. The molecule has 0 atom stereocenters. The van der Waals surface area contributed by atoms with Gasteiger partial charge in [-0.05, 0) is 13.3 Å². The summed E-state index contributed by atoms with van der Waals surface area (Å²) < 4.78 is 7.07. The molecule has 0 aliphatic carbocycles. The minimum atomic E-state index is 0.484. The van der Waals surface area contributed by atoms with Gasteiger partial charge < -0.3 is 15.8 Å². The molecule has 1 aromatic rings. The Balaban J connectivity index is 2.31. The van der Waals surface area contributed by atoms with Crippen molar-refractivity contribution >= 4 is 5.96 Å². The monoisotopic (exact) mass is 309 g/mol. The third kappa shape index (κ3) is 5.95. The molecule has 6 nitrogen and oxygen atoms in total. The Morgan fingerprint density at radius 3 is 2.64 bits per heavy atom. The molecule has 1 heterocycles. The van der Waals surface area contributed by atoms with Gasteiger partial charge in [0.2, 0.25) is 5.88 Å². The van der Waals surface area contributed by atoms with Gasteiger partial charge in [-0.25, -0.2) is 9.67 Å². The quantitative estimate of drug-likeness (QED) is 0.395. The van der Waals surface area contributed by atoms with Gasteiger partial charge in [-0.1, -0.05) is 39.0 Å². The summed E-state index contributed by atoms with van der Waals surface area (Å²) in [6, 6.07) is 0. The lowest BCUT2D eigenvalue weighted by atomic mass is 10.1. The van der Waals surface area contributed by atoms with Gasteiger partial charge >= 0.3 is 0 Å². The fourth-order valence-corrected chi connectivity index (χ4v) is 2.46. The molecule has 0 saturated heterocycles. The minimum absolute atomic E-state index is 0.484. The van der Waals surface area contributed by atoms with Crippen LogP contribution in [0.25, 0.3) is 0 Å². The lowest BCUT2D eigenvalue weighted by Gasteiger charge is -2.06. The number of guanidine groups is 1. The first kappa shape index (κ1) is 18.3. The van der Waals surface area contributed by atoms with Crippen molar-refractivity contribution in [1.82, 2.24) is 15.1 Å². The molecule has 0 radical (unpaired) electrons. The van der Waals surface area contributed by atoms with E-state index >= 15 is 0 Å². The summed E-state index contributed by atoms with van der Waals surface area (Å²) in [5, 5.41) is 7.50. The van der Waals surface area contributed by atoms with Crippen molar-refractivity contribution in [3.8, 4) is 5.88 Å². The van der Waals surface area contributed by atoms with Crippen LogP contribution in [0.5, 0.6) is 5.88 Å². The zero-order chi connectivity index (χ0) is 16.4. The Hall–Kier alpha value is -1.72. The Kier molecular flexibility index (Phi) is 8.40. The predicted molar refractivity (Wildman–Crippen MR) is 91.2 cm³/mol. The van der Waals surface area contributed by atoms with Crippen LogP contribution in [0.3, 0.4) is 0 Å². The summed E-state index contributed by atoms with van der Waals surface area (Å²) in [5.41, 5.74) is 7.81. The highest BCUT2D eigenvalue weighted by Gasteiger charge is 2.12. The lowest BCUT2D eigenvalue weighted by molar-refractivity contribution is 0.369. The molecule has 3 N–H and O–H groups in total. The van der Waals surface area contributed by atoms with E-state index in [0.717, 1.165) is 30.1 Å². The fraction of sp³-hybridized carbons (Fsp3) is 0.750. The number of hydrogen-bond acceptors (Lipinski definition) is 3. The molecular weight excluding hydrogens is 278 g/mol. The van der Waals surface area contributed by atoms with Gasteiger partial charge in [0.25, 0.3) is 0 Å². The van der Waals surface area contributed by atoms with E-state index in [0.29, 0.717) is 12.5 Å². The van der Waals surface area contributed by atoms with Gasteiger partial charge in [-0.2, -0.15) is 5.10 Å². The first-order valence-electron chi connectivity index (χ1n) is 8.20. The van der Waals surface area contributed by atoms with Crippen molar-refractivity contribution in [2.24, 2.45) is 17.8 Å². The van der Waals surface area contributed by atoms with Gasteiger partial charge in [-0.15, -0.1) is 0 Å². The molecule has 0 unspecified atom stereocenters. The maximum absolute atomic E-state index is 5.90. The van der Waals surface area contributed by atoms with Crippen LogP contribution in [-0.4, -0.2) is 29.4 Å². The van der Waals surface area contributed by atoms with Crippen LogP contribution in [0.4, 0.5) is 0 Å². The van der Waals surface area contributed by atoms with Gasteiger partial charge in [0, 0.05) is 13.6 Å². The molecule has 126 valence electrons. The van der Waals surface area contributed by atoms with Crippen molar-refractivity contribution in [1.29, 1.82) is 0 Å². The number of nitrogens with two attached hydrogens (primary N) is 1. The van der Waals surface area contributed by atoms with Crippen molar-refractivity contribution in [2.45, 2.75) is 58.9 Å². The van der Waals surface area contributed by atoms with Crippen LogP contribution in [0.15, 0.2) is 4.99 Å². The minimum Gasteiger partial charge on any atom is -0.481 e. The lowest BCUT2D eigenvalue weighted by Crippen LogP contribution is -2.32. The Labute approximate surface area is 134 Å². The summed E-state index contributed by atoms with van der Waals surface area (Å²) in [6.45, 7) is 5.55. The van der Waals surface area contributed by atoms with Crippen LogP contribution in [0, 0.1) is 6.92 Å². The van der Waals surface area contributed by atoms with Crippen LogP contribution in [0.1, 0.15) is 56.7 Å². The molecule has 0 spiro atoms. The Morgan fingerprint density at radius 1 is 1.27 bits per heavy atom. The van der Waals surface area contributed by atoms with Crippen molar-refractivity contribution < 1.29 is 4.74 Å². The Morgan fingerprint density at radius 2 is 1.95 bits per heavy atom. The molecule has 6 heteroatoms. The largest absolute Gasteiger partial charge is 0.481 e. The number of nitrogens with zero attached hydrogens (tertiary/aromatic N) is 3. The zero-order valence-corrected chi connectivity index (χ0v) is 14.5. The van der Waals surface area contributed by atoms with Crippen molar-refractivity contribution in [3.63, 3.8) is 0 Å². The van der Waals surface area contributed by atoms with Gasteiger partial charge in [0.15, 0.2) is 5.96 Å². The third-order valence-corrected chi connectivity index (χ3v) is 3.73. The first-order valence-corrected chi connectivity index (χ1v) is 8.20. The highest BCUT2D eigenvalue weighted by Crippen LogP contribution is 2.21. The van der Waals surface area contributed by atoms with Crippen molar-refractivity contribution in [2.75, 3.05) is 13.7 Å². The number of aryl methyl sites for hydroxylation is 2. The standard InChI is InChI=1S/C16H31N5O/c1-5-6-7-8-9-10-11-18-16(17)19-12-14-13(2)20-21(3)15(14)22-4/h5-12H2,1-4H3,(H3,17,18,19). The Bertz CT molecular complexity index is 467. The summed E-state index contributed by atoms with van der Waals surface area (Å²) in [7, 11) is 3.50. The van der Waals surface area contributed by atoms with E-state index in [9.17, 15) is 0 Å². The van der Waals surface area contributed by atoms with Gasteiger partial charge in [-0.3, -0.25) is 0 Å².